The third-order valence-corrected chi connectivity index (χ3v) is 2.56. The highest BCUT2D eigenvalue weighted by Gasteiger charge is 2.25. The number of benzene rings is 1. The minimum atomic E-state index is -0.761. The second-order valence-electron chi connectivity index (χ2n) is 3.71. The van der Waals surface area contributed by atoms with Crippen LogP contribution in [0.3, 0.4) is 0 Å². The molecule has 0 saturated carbocycles. The van der Waals surface area contributed by atoms with Crippen LogP contribution in [0.4, 0.5) is 4.39 Å². The largest absolute Gasteiger partial charge is 0.497 e. The molecule has 0 spiro atoms. The lowest BCUT2D eigenvalue weighted by Crippen LogP contribution is -2.07. The first-order valence-electron chi connectivity index (χ1n) is 5.25. The molecule has 0 aromatic heterocycles. The van der Waals surface area contributed by atoms with Gasteiger partial charge in [-0.05, 0) is 19.1 Å². The first-order chi connectivity index (χ1) is 8.13. The maximum atomic E-state index is 14.1. The van der Waals surface area contributed by atoms with Crippen LogP contribution in [-0.2, 0) is 9.47 Å². The zero-order valence-corrected chi connectivity index (χ0v) is 9.66. The maximum absolute atomic E-state index is 14.1. The van der Waals surface area contributed by atoms with Crippen molar-refractivity contribution >= 4 is 5.78 Å². The summed E-state index contributed by atoms with van der Waals surface area (Å²) in [6.45, 7) is 2.13. The minimum Gasteiger partial charge on any atom is -0.497 e. The number of ether oxygens (including phenoxy) is 3. The van der Waals surface area contributed by atoms with E-state index in [1.807, 2.05) is 0 Å². The van der Waals surface area contributed by atoms with Gasteiger partial charge in [0.2, 0.25) is 0 Å². The molecular formula is C12H13FO4. The number of ketones is 1. The molecular weight excluding hydrogens is 227 g/mol. The second-order valence-corrected chi connectivity index (χ2v) is 3.71. The number of hydrogen-bond acceptors (Lipinski definition) is 4. The zero-order chi connectivity index (χ0) is 12.4. The molecule has 0 unspecified atom stereocenters. The molecule has 0 N–H and O–H groups in total. The molecule has 1 heterocycles. The second kappa shape index (κ2) is 4.81. The molecule has 2 rings (SSSR count). The topological polar surface area (TPSA) is 44.8 Å². The Morgan fingerprint density at radius 1 is 1.41 bits per heavy atom. The number of carbonyl (C=O) groups is 1. The predicted molar refractivity (Wildman–Crippen MR) is 57.6 cm³/mol. The van der Waals surface area contributed by atoms with Crippen molar-refractivity contribution in [2.45, 2.75) is 13.2 Å². The lowest BCUT2D eigenvalue weighted by atomic mass is 10.1. The summed E-state index contributed by atoms with van der Waals surface area (Å²) in [4.78, 5) is 11.3. The molecule has 0 aliphatic carbocycles. The van der Waals surface area contributed by atoms with Gasteiger partial charge < -0.3 is 14.2 Å². The number of rotatable bonds is 3. The van der Waals surface area contributed by atoms with E-state index < -0.39 is 12.1 Å². The number of carbonyl (C=O) groups excluding carboxylic acids is 1. The van der Waals surface area contributed by atoms with Crippen molar-refractivity contribution in [2.24, 2.45) is 0 Å². The van der Waals surface area contributed by atoms with Gasteiger partial charge in [-0.2, -0.15) is 0 Å². The van der Waals surface area contributed by atoms with Crippen LogP contribution in [0.15, 0.2) is 12.1 Å². The Morgan fingerprint density at radius 2 is 2.06 bits per heavy atom. The molecule has 1 aromatic rings. The first-order valence-corrected chi connectivity index (χ1v) is 5.25. The number of hydrogen-bond donors (Lipinski definition) is 0. The van der Waals surface area contributed by atoms with Gasteiger partial charge in [-0.15, -0.1) is 0 Å². The van der Waals surface area contributed by atoms with Crippen LogP contribution in [0.5, 0.6) is 5.75 Å². The summed E-state index contributed by atoms with van der Waals surface area (Å²) >= 11 is 0. The van der Waals surface area contributed by atoms with E-state index in [2.05, 4.69) is 0 Å². The van der Waals surface area contributed by atoms with E-state index in [0.29, 0.717) is 19.0 Å². The molecule has 0 radical (unpaired) electrons. The van der Waals surface area contributed by atoms with E-state index in [1.54, 1.807) is 0 Å². The monoisotopic (exact) mass is 240 g/mol. The number of Topliss-reactive ketones (excluding diaryl/α,β-unsaturated/α-hetero) is 1. The third-order valence-electron chi connectivity index (χ3n) is 2.56. The van der Waals surface area contributed by atoms with Crippen molar-refractivity contribution < 1.29 is 23.4 Å². The van der Waals surface area contributed by atoms with Crippen molar-refractivity contribution in [2.75, 3.05) is 20.3 Å². The van der Waals surface area contributed by atoms with Crippen LogP contribution in [-0.4, -0.2) is 26.1 Å². The highest BCUT2D eigenvalue weighted by atomic mass is 19.1. The summed E-state index contributed by atoms with van der Waals surface area (Å²) in [6, 6.07) is 2.86. The fourth-order valence-corrected chi connectivity index (χ4v) is 1.70. The molecule has 0 atom stereocenters. The van der Waals surface area contributed by atoms with Gasteiger partial charge >= 0.3 is 0 Å². The van der Waals surface area contributed by atoms with Crippen molar-refractivity contribution in [3.63, 3.8) is 0 Å². The van der Waals surface area contributed by atoms with E-state index in [9.17, 15) is 9.18 Å². The zero-order valence-electron chi connectivity index (χ0n) is 9.66. The predicted octanol–water partition coefficient (Wildman–Crippen LogP) is 2.08. The Kier molecular flexibility index (Phi) is 3.40. The van der Waals surface area contributed by atoms with Gasteiger partial charge in [0, 0.05) is 5.56 Å². The van der Waals surface area contributed by atoms with Gasteiger partial charge in [0.25, 0.3) is 0 Å². The van der Waals surface area contributed by atoms with Gasteiger partial charge in [0.1, 0.15) is 11.6 Å². The summed E-state index contributed by atoms with van der Waals surface area (Å²) in [6.07, 6.45) is -0.761. The van der Waals surface area contributed by atoms with Crippen LogP contribution in [0.25, 0.3) is 0 Å². The molecule has 5 heteroatoms. The molecule has 0 bridgehead atoms. The molecule has 1 aliphatic rings. The smallest absolute Gasteiger partial charge is 0.187 e. The summed E-state index contributed by atoms with van der Waals surface area (Å²) in [5, 5.41) is 0. The molecule has 1 fully saturated rings. The standard InChI is InChI=1S/C12H13FO4/c1-7(14)9-5-8(15-2)6-10(11(9)13)12-16-3-4-17-12/h5-6,12H,3-4H2,1-2H3. The lowest BCUT2D eigenvalue weighted by Gasteiger charge is -2.14. The average Bonchev–Trinajstić information content (AvgIpc) is 2.82. The molecule has 0 amide bonds. The summed E-state index contributed by atoms with van der Waals surface area (Å²) in [5.41, 5.74) is 0.186. The Balaban J connectivity index is 2.48. The van der Waals surface area contributed by atoms with Crippen molar-refractivity contribution in [1.29, 1.82) is 0 Å². The quantitative estimate of drug-likeness (QED) is 0.759. The lowest BCUT2D eigenvalue weighted by molar-refractivity contribution is -0.0466. The van der Waals surface area contributed by atoms with Crippen LogP contribution < -0.4 is 4.74 Å². The van der Waals surface area contributed by atoms with E-state index >= 15 is 0 Å². The van der Waals surface area contributed by atoms with E-state index in [4.69, 9.17) is 14.2 Å². The molecule has 1 aliphatic heterocycles. The van der Waals surface area contributed by atoms with Crippen molar-refractivity contribution in [3.05, 3.63) is 29.1 Å². The van der Waals surface area contributed by atoms with Crippen LogP contribution >= 0.6 is 0 Å². The normalized spacial score (nSPS) is 16.2. The van der Waals surface area contributed by atoms with Crippen LogP contribution in [0, 0.1) is 5.82 Å². The summed E-state index contributed by atoms with van der Waals surface area (Å²) < 4.78 is 29.5. The molecule has 1 saturated heterocycles. The maximum Gasteiger partial charge on any atom is 0.187 e. The Morgan fingerprint density at radius 3 is 2.59 bits per heavy atom. The Bertz CT molecular complexity index is 438. The van der Waals surface area contributed by atoms with Gasteiger partial charge in [0.05, 0.1) is 25.9 Å². The highest BCUT2D eigenvalue weighted by Crippen LogP contribution is 2.31. The van der Waals surface area contributed by atoms with Crippen molar-refractivity contribution in [1.82, 2.24) is 0 Å². The summed E-state index contributed by atoms with van der Waals surface area (Å²) in [5.74, 6) is -0.559. The van der Waals surface area contributed by atoms with Gasteiger partial charge in [0.15, 0.2) is 12.1 Å². The molecule has 1 aromatic carbocycles. The highest BCUT2D eigenvalue weighted by molar-refractivity contribution is 5.95. The third kappa shape index (κ3) is 2.30. The Labute approximate surface area is 98.3 Å². The van der Waals surface area contributed by atoms with Crippen LogP contribution in [0.2, 0.25) is 0 Å². The van der Waals surface area contributed by atoms with Crippen molar-refractivity contribution in [3.8, 4) is 5.75 Å². The fourth-order valence-electron chi connectivity index (χ4n) is 1.70. The SMILES string of the molecule is COc1cc(C(C)=O)c(F)c(C2OCCO2)c1. The number of methoxy groups -OCH3 is 1. The van der Waals surface area contributed by atoms with Crippen LogP contribution in [0.1, 0.15) is 29.1 Å². The van der Waals surface area contributed by atoms with E-state index in [1.165, 1.54) is 26.2 Å². The fraction of sp³-hybridized carbons (Fsp3) is 0.417. The summed E-state index contributed by atoms with van der Waals surface area (Å²) in [7, 11) is 1.46. The molecule has 17 heavy (non-hydrogen) atoms. The molecule has 4 nitrogen and oxygen atoms in total. The van der Waals surface area contributed by atoms with Gasteiger partial charge in [-0.3, -0.25) is 4.79 Å². The molecule has 92 valence electrons. The number of halogens is 1. The van der Waals surface area contributed by atoms with Gasteiger partial charge in [-0.25, -0.2) is 4.39 Å². The minimum absolute atomic E-state index is 0.0153. The Hall–Kier alpha value is -1.46. The van der Waals surface area contributed by atoms with Gasteiger partial charge in [-0.1, -0.05) is 0 Å². The average molecular weight is 240 g/mol. The first kappa shape index (κ1) is 12.0. The van der Waals surface area contributed by atoms with E-state index in [0.717, 1.165) is 0 Å². The van der Waals surface area contributed by atoms with E-state index in [-0.39, 0.29) is 16.9 Å².